The Balaban J connectivity index is 1.38. The number of aryl methyl sites for hydroxylation is 1. The summed E-state index contributed by atoms with van der Waals surface area (Å²) in [6.07, 6.45) is -2.34. The fraction of sp³-hybridized carbons (Fsp3) is 0.393. The van der Waals surface area contributed by atoms with Gasteiger partial charge >= 0.3 is 6.18 Å². The van der Waals surface area contributed by atoms with Gasteiger partial charge in [0.05, 0.1) is 11.6 Å². The third kappa shape index (κ3) is 6.06. The molecule has 9 nitrogen and oxygen atoms in total. The molecular formula is C28H31F3N6O3. The zero-order valence-electron chi connectivity index (χ0n) is 22.5. The molecule has 12 heteroatoms. The first-order valence-electron chi connectivity index (χ1n) is 13.1. The second-order valence-corrected chi connectivity index (χ2v) is 10.0. The number of hydrogen-bond donors (Lipinski definition) is 2. The number of nitrogens with zero attached hydrogens (tertiary/aromatic N) is 4. The molecular weight excluding hydrogens is 525 g/mol. The fourth-order valence-electron chi connectivity index (χ4n) is 4.55. The Morgan fingerprint density at radius 2 is 1.93 bits per heavy atom. The van der Waals surface area contributed by atoms with E-state index in [1.165, 1.54) is 12.4 Å². The minimum absolute atomic E-state index is 0.0617. The Bertz CT molecular complexity index is 1390. The molecule has 1 atom stereocenters. The van der Waals surface area contributed by atoms with E-state index in [0.717, 1.165) is 37.2 Å². The Morgan fingerprint density at radius 1 is 1.15 bits per heavy atom. The van der Waals surface area contributed by atoms with Gasteiger partial charge in [-0.05, 0) is 56.3 Å². The van der Waals surface area contributed by atoms with Crippen molar-refractivity contribution in [2.24, 2.45) is 0 Å². The summed E-state index contributed by atoms with van der Waals surface area (Å²) < 4.78 is 53.0. The lowest BCUT2D eigenvalue weighted by atomic mass is 10.1. The Kier molecular flexibility index (Phi) is 7.70. The average molecular weight is 557 g/mol. The highest BCUT2D eigenvalue weighted by Gasteiger charge is 2.32. The minimum Gasteiger partial charge on any atom is -0.483 e. The van der Waals surface area contributed by atoms with Crippen molar-refractivity contribution in [3.05, 3.63) is 59.4 Å². The van der Waals surface area contributed by atoms with Crippen LogP contribution in [0.3, 0.4) is 0 Å². The summed E-state index contributed by atoms with van der Waals surface area (Å²) in [5, 5.41) is 5.92. The number of aromatic nitrogens is 2. The van der Waals surface area contributed by atoms with Gasteiger partial charge < -0.3 is 29.9 Å². The molecule has 5 rings (SSSR count). The number of ether oxygens (including phenoxy) is 2. The van der Waals surface area contributed by atoms with Gasteiger partial charge in [-0.3, -0.25) is 4.79 Å². The van der Waals surface area contributed by atoms with E-state index >= 15 is 0 Å². The average Bonchev–Trinajstić information content (AvgIpc) is 2.93. The van der Waals surface area contributed by atoms with Crippen LogP contribution in [0.4, 0.5) is 30.4 Å². The molecule has 0 radical (unpaired) electrons. The summed E-state index contributed by atoms with van der Waals surface area (Å²) in [4.78, 5) is 25.6. The molecule has 2 aromatic carbocycles. The molecule has 212 valence electrons. The first-order chi connectivity index (χ1) is 19.1. The molecule has 0 spiro atoms. The van der Waals surface area contributed by atoms with Crippen LogP contribution in [0.15, 0.2) is 42.7 Å². The van der Waals surface area contributed by atoms with Crippen LogP contribution < -0.4 is 25.0 Å². The van der Waals surface area contributed by atoms with E-state index in [4.69, 9.17) is 9.47 Å². The largest absolute Gasteiger partial charge is 0.483 e. The second-order valence-electron chi connectivity index (χ2n) is 10.0. The maximum absolute atomic E-state index is 13.7. The zero-order valence-corrected chi connectivity index (χ0v) is 22.5. The zero-order chi connectivity index (χ0) is 28.4. The van der Waals surface area contributed by atoms with E-state index in [-0.39, 0.29) is 23.2 Å². The van der Waals surface area contributed by atoms with Gasteiger partial charge in [-0.2, -0.15) is 18.2 Å². The molecule has 1 saturated heterocycles. The molecule has 3 aromatic rings. The van der Waals surface area contributed by atoms with E-state index < -0.39 is 17.6 Å². The van der Waals surface area contributed by atoms with Crippen LogP contribution in [0.1, 0.15) is 34.8 Å². The van der Waals surface area contributed by atoms with Gasteiger partial charge in [-0.25, -0.2) is 4.98 Å². The molecule has 2 aliphatic rings. The van der Waals surface area contributed by atoms with E-state index in [0.29, 0.717) is 42.7 Å². The number of nitrogens with one attached hydrogen (secondary N) is 2. The van der Waals surface area contributed by atoms with Crippen molar-refractivity contribution in [1.29, 1.82) is 0 Å². The monoisotopic (exact) mass is 556 g/mol. The quantitative estimate of drug-likeness (QED) is 0.429. The summed E-state index contributed by atoms with van der Waals surface area (Å²) in [5.74, 6) is 0.887. The first-order valence-corrected chi connectivity index (χ1v) is 13.1. The molecule has 40 heavy (non-hydrogen) atoms. The summed E-state index contributed by atoms with van der Waals surface area (Å²) >= 11 is 0. The fourth-order valence-corrected chi connectivity index (χ4v) is 4.55. The predicted octanol–water partition coefficient (Wildman–Crippen LogP) is 5.18. The molecule has 1 amide bonds. The highest BCUT2D eigenvalue weighted by Crippen LogP contribution is 2.39. The molecule has 1 fully saturated rings. The van der Waals surface area contributed by atoms with Crippen LogP contribution in [0.2, 0.25) is 0 Å². The summed E-state index contributed by atoms with van der Waals surface area (Å²) in [5.41, 5.74) is 0.604. The van der Waals surface area contributed by atoms with Crippen molar-refractivity contribution in [2.75, 3.05) is 55.4 Å². The number of piperazine rings is 1. The van der Waals surface area contributed by atoms with Crippen molar-refractivity contribution in [1.82, 2.24) is 14.9 Å². The molecule has 2 aliphatic heterocycles. The number of likely N-dealkylation sites (N-methyl/N-ethyl adjacent to an activating group) is 1. The predicted molar refractivity (Wildman–Crippen MR) is 146 cm³/mol. The lowest BCUT2D eigenvalue weighted by molar-refractivity contribution is -0.137. The van der Waals surface area contributed by atoms with Crippen LogP contribution in [0.5, 0.6) is 17.4 Å². The van der Waals surface area contributed by atoms with E-state index in [9.17, 15) is 18.0 Å². The highest BCUT2D eigenvalue weighted by atomic mass is 19.4. The Labute approximate surface area is 230 Å². The van der Waals surface area contributed by atoms with Gasteiger partial charge in [0.15, 0.2) is 5.82 Å². The summed E-state index contributed by atoms with van der Waals surface area (Å²) in [6, 6.07) is 8.59. The maximum atomic E-state index is 13.7. The summed E-state index contributed by atoms with van der Waals surface area (Å²) in [6.45, 7) is 6.94. The molecule has 1 aromatic heterocycles. The molecule has 0 aliphatic carbocycles. The molecule has 0 unspecified atom stereocenters. The first kappa shape index (κ1) is 27.5. The SMILES string of the molecule is CC[C@@H]1COc2c(ncnc2Oc2cc(C(=O)Nc3cc(N4CCN(C)CC4)cc(C(F)(F)F)c3)ccc2C)N1. The number of amides is 1. The second kappa shape index (κ2) is 11.2. The van der Waals surface area contributed by atoms with Gasteiger partial charge in [-0.1, -0.05) is 13.0 Å². The van der Waals surface area contributed by atoms with E-state index in [1.807, 2.05) is 25.8 Å². The number of halogens is 3. The maximum Gasteiger partial charge on any atom is 0.416 e. The van der Waals surface area contributed by atoms with Crippen LogP contribution >= 0.6 is 0 Å². The van der Waals surface area contributed by atoms with E-state index in [2.05, 4.69) is 25.5 Å². The molecule has 2 N–H and O–H groups in total. The van der Waals surface area contributed by atoms with Crippen LogP contribution in [-0.4, -0.2) is 66.7 Å². The lowest BCUT2D eigenvalue weighted by Gasteiger charge is -2.34. The smallest absolute Gasteiger partial charge is 0.416 e. The van der Waals surface area contributed by atoms with Gasteiger partial charge in [0.2, 0.25) is 5.75 Å². The van der Waals surface area contributed by atoms with Gasteiger partial charge in [0.1, 0.15) is 18.7 Å². The number of hydrogen-bond acceptors (Lipinski definition) is 8. The van der Waals surface area contributed by atoms with Crippen LogP contribution in [-0.2, 0) is 6.18 Å². The standard InChI is InChI=1S/C28H31F3N6O3/c1-4-20-15-39-24-25(34-20)32-16-33-27(24)40-23-11-18(6-5-17(23)2)26(38)35-21-12-19(28(29,30)31)13-22(14-21)37-9-7-36(3)8-10-37/h5-6,11-14,16,20H,4,7-10,15H2,1-3H3,(H,35,38)(H,32,33,34)/t20-/m1/s1. The van der Waals surface area contributed by atoms with Crippen molar-refractivity contribution in [3.8, 4) is 17.4 Å². The third-order valence-electron chi connectivity index (χ3n) is 7.06. The van der Waals surface area contributed by atoms with E-state index in [1.54, 1.807) is 18.2 Å². The number of anilines is 3. The van der Waals surface area contributed by atoms with Crippen molar-refractivity contribution in [2.45, 2.75) is 32.5 Å². The van der Waals surface area contributed by atoms with Crippen molar-refractivity contribution in [3.63, 3.8) is 0 Å². The van der Waals surface area contributed by atoms with Crippen molar-refractivity contribution >= 4 is 23.1 Å². The number of fused-ring (bicyclic) bond motifs is 1. The number of benzene rings is 2. The van der Waals surface area contributed by atoms with Crippen molar-refractivity contribution < 1.29 is 27.4 Å². The van der Waals surface area contributed by atoms with Gasteiger partial charge in [0.25, 0.3) is 11.8 Å². The molecule has 0 saturated carbocycles. The topological polar surface area (TPSA) is 91.8 Å². The van der Waals surface area contributed by atoms with Gasteiger partial charge in [0, 0.05) is 43.1 Å². The Morgan fingerprint density at radius 3 is 2.65 bits per heavy atom. The number of carbonyl (C=O) groups excluding carboxylic acids is 1. The molecule has 0 bridgehead atoms. The van der Waals surface area contributed by atoms with Crippen LogP contribution in [0.25, 0.3) is 0 Å². The summed E-state index contributed by atoms with van der Waals surface area (Å²) in [7, 11) is 1.97. The van der Waals surface area contributed by atoms with Crippen LogP contribution in [0, 0.1) is 6.92 Å². The Hall–Kier alpha value is -4.06. The minimum atomic E-state index is -4.56. The lowest BCUT2D eigenvalue weighted by Crippen LogP contribution is -2.44. The number of rotatable bonds is 6. The normalized spacial score (nSPS) is 17.4. The van der Waals surface area contributed by atoms with Gasteiger partial charge in [-0.15, -0.1) is 0 Å². The number of alkyl halides is 3. The number of carbonyl (C=O) groups is 1. The molecule has 3 heterocycles. The third-order valence-corrected chi connectivity index (χ3v) is 7.06. The highest BCUT2D eigenvalue weighted by molar-refractivity contribution is 6.05.